The molecule has 0 radical (unpaired) electrons. The Morgan fingerprint density at radius 2 is 1.80 bits per heavy atom. The third-order valence-corrected chi connectivity index (χ3v) is 4.22. The Bertz CT molecular complexity index is 851. The molecule has 1 amide bonds. The van der Waals surface area contributed by atoms with Gasteiger partial charge in [-0.05, 0) is 24.3 Å². The Hall–Kier alpha value is -3.40. The maximum Gasteiger partial charge on any atom is 0.292 e. The number of nitriles is 1. The lowest BCUT2D eigenvalue weighted by atomic mass is 10.1. The van der Waals surface area contributed by atoms with E-state index in [0.29, 0.717) is 43.0 Å². The maximum atomic E-state index is 12.6. The van der Waals surface area contributed by atoms with Gasteiger partial charge in [0.05, 0.1) is 16.6 Å². The molecular formula is C18H16N4O3. The van der Waals surface area contributed by atoms with E-state index in [-0.39, 0.29) is 16.5 Å². The van der Waals surface area contributed by atoms with Crippen LogP contribution in [0.1, 0.15) is 15.9 Å². The lowest BCUT2D eigenvalue weighted by Crippen LogP contribution is -2.49. The van der Waals surface area contributed by atoms with Crippen LogP contribution in [-0.4, -0.2) is 41.9 Å². The number of piperazine rings is 1. The van der Waals surface area contributed by atoms with Gasteiger partial charge in [0.2, 0.25) is 0 Å². The monoisotopic (exact) mass is 336 g/mol. The molecular weight excluding hydrogens is 320 g/mol. The molecule has 1 saturated heterocycles. The second-order valence-corrected chi connectivity index (χ2v) is 5.72. The molecule has 7 heteroatoms. The van der Waals surface area contributed by atoms with Gasteiger partial charge in [0, 0.05) is 37.8 Å². The number of carbonyl (C=O) groups is 1. The van der Waals surface area contributed by atoms with Gasteiger partial charge in [0.1, 0.15) is 5.69 Å². The quantitative estimate of drug-likeness (QED) is 0.634. The van der Waals surface area contributed by atoms with Crippen molar-refractivity contribution in [2.24, 2.45) is 0 Å². The molecule has 0 bridgehead atoms. The van der Waals surface area contributed by atoms with Crippen molar-refractivity contribution in [3.05, 3.63) is 69.8 Å². The van der Waals surface area contributed by atoms with Crippen LogP contribution in [0.2, 0.25) is 0 Å². The fraction of sp³-hybridized carbons (Fsp3) is 0.222. The van der Waals surface area contributed by atoms with Gasteiger partial charge in [0.15, 0.2) is 0 Å². The smallest absolute Gasteiger partial charge is 0.292 e. The first-order valence-corrected chi connectivity index (χ1v) is 7.88. The van der Waals surface area contributed by atoms with Gasteiger partial charge >= 0.3 is 0 Å². The largest absolute Gasteiger partial charge is 0.362 e. The second kappa shape index (κ2) is 7.01. The van der Waals surface area contributed by atoms with Gasteiger partial charge in [-0.15, -0.1) is 0 Å². The van der Waals surface area contributed by atoms with Crippen molar-refractivity contribution in [3.8, 4) is 6.07 Å². The number of nitro benzene ring substituents is 1. The predicted molar refractivity (Wildman–Crippen MR) is 92.4 cm³/mol. The van der Waals surface area contributed by atoms with Gasteiger partial charge in [0.25, 0.3) is 11.6 Å². The van der Waals surface area contributed by atoms with Crippen LogP contribution in [0.5, 0.6) is 0 Å². The van der Waals surface area contributed by atoms with Crippen molar-refractivity contribution >= 4 is 17.3 Å². The summed E-state index contributed by atoms with van der Waals surface area (Å²) in [6.07, 6.45) is 0. The van der Waals surface area contributed by atoms with Crippen molar-refractivity contribution in [1.82, 2.24) is 4.90 Å². The maximum absolute atomic E-state index is 12.6. The van der Waals surface area contributed by atoms with Gasteiger partial charge in [-0.25, -0.2) is 0 Å². The zero-order valence-corrected chi connectivity index (χ0v) is 13.5. The molecule has 0 aliphatic carbocycles. The molecule has 0 N–H and O–H groups in total. The van der Waals surface area contributed by atoms with Crippen LogP contribution in [0.3, 0.4) is 0 Å². The van der Waals surface area contributed by atoms with E-state index in [1.807, 2.05) is 11.0 Å². The number of rotatable bonds is 3. The first-order chi connectivity index (χ1) is 12.1. The van der Waals surface area contributed by atoms with Crippen LogP contribution in [0.15, 0.2) is 48.5 Å². The summed E-state index contributed by atoms with van der Waals surface area (Å²) >= 11 is 0. The molecule has 1 heterocycles. The van der Waals surface area contributed by atoms with Crippen molar-refractivity contribution in [2.45, 2.75) is 0 Å². The summed E-state index contributed by atoms with van der Waals surface area (Å²) in [5.41, 5.74) is 1.58. The molecule has 0 unspecified atom stereocenters. The number of nitrogens with zero attached hydrogens (tertiary/aromatic N) is 4. The number of benzene rings is 2. The summed E-state index contributed by atoms with van der Waals surface area (Å²) < 4.78 is 0. The minimum Gasteiger partial charge on any atom is -0.362 e. The highest BCUT2D eigenvalue weighted by atomic mass is 16.6. The van der Waals surface area contributed by atoms with Crippen LogP contribution in [-0.2, 0) is 0 Å². The molecule has 0 saturated carbocycles. The SMILES string of the molecule is N#Cc1cccc(C(=O)N2CCN(c3ccccc3[N+](=O)[O-])CC2)c1. The topological polar surface area (TPSA) is 90.5 Å². The molecule has 2 aromatic carbocycles. The summed E-state index contributed by atoms with van der Waals surface area (Å²) in [6, 6.07) is 15.3. The van der Waals surface area contributed by atoms with E-state index in [0.717, 1.165) is 0 Å². The summed E-state index contributed by atoms with van der Waals surface area (Å²) in [7, 11) is 0. The summed E-state index contributed by atoms with van der Waals surface area (Å²) in [5, 5.41) is 20.1. The molecule has 25 heavy (non-hydrogen) atoms. The molecule has 1 fully saturated rings. The van der Waals surface area contributed by atoms with Crippen molar-refractivity contribution in [3.63, 3.8) is 0 Å². The molecule has 1 aliphatic heterocycles. The van der Waals surface area contributed by atoms with E-state index >= 15 is 0 Å². The van der Waals surface area contributed by atoms with Crippen LogP contribution >= 0.6 is 0 Å². The lowest BCUT2D eigenvalue weighted by Gasteiger charge is -2.35. The van der Waals surface area contributed by atoms with E-state index in [1.54, 1.807) is 47.4 Å². The fourth-order valence-corrected chi connectivity index (χ4v) is 2.94. The third-order valence-electron chi connectivity index (χ3n) is 4.22. The number of anilines is 1. The van der Waals surface area contributed by atoms with E-state index in [2.05, 4.69) is 0 Å². The van der Waals surface area contributed by atoms with Crippen molar-refractivity contribution < 1.29 is 9.72 Å². The molecule has 0 aromatic heterocycles. The van der Waals surface area contributed by atoms with Crippen molar-refractivity contribution in [1.29, 1.82) is 5.26 Å². The first kappa shape index (κ1) is 16.5. The molecule has 2 aromatic rings. The first-order valence-electron chi connectivity index (χ1n) is 7.88. The highest BCUT2D eigenvalue weighted by molar-refractivity contribution is 5.94. The average Bonchev–Trinajstić information content (AvgIpc) is 2.67. The van der Waals surface area contributed by atoms with Crippen LogP contribution in [0, 0.1) is 21.4 Å². The minimum atomic E-state index is -0.389. The number of hydrogen-bond acceptors (Lipinski definition) is 5. The number of hydrogen-bond donors (Lipinski definition) is 0. The number of carbonyl (C=O) groups excluding carboxylic acids is 1. The normalized spacial score (nSPS) is 14.0. The summed E-state index contributed by atoms with van der Waals surface area (Å²) in [4.78, 5) is 27.0. The highest BCUT2D eigenvalue weighted by Gasteiger charge is 2.26. The molecule has 7 nitrogen and oxygen atoms in total. The van der Waals surface area contributed by atoms with Gasteiger partial charge in [-0.1, -0.05) is 18.2 Å². The van der Waals surface area contributed by atoms with E-state index in [9.17, 15) is 14.9 Å². The minimum absolute atomic E-state index is 0.0731. The van der Waals surface area contributed by atoms with Gasteiger partial charge < -0.3 is 9.80 Å². The van der Waals surface area contributed by atoms with Crippen LogP contribution in [0.25, 0.3) is 0 Å². The Kier molecular flexibility index (Phi) is 4.61. The molecule has 0 atom stereocenters. The Morgan fingerprint density at radius 1 is 1.08 bits per heavy atom. The zero-order chi connectivity index (χ0) is 17.8. The number of para-hydroxylation sites is 2. The standard InChI is InChI=1S/C18H16N4O3/c19-13-14-4-3-5-15(12-14)18(23)21-10-8-20(9-11-21)16-6-1-2-7-17(16)22(24)25/h1-7,12H,8-11H2. The van der Waals surface area contributed by atoms with Gasteiger partial charge in [-0.3, -0.25) is 14.9 Å². The lowest BCUT2D eigenvalue weighted by molar-refractivity contribution is -0.384. The number of amides is 1. The molecule has 126 valence electrons. The Balaban J connectivity index is 1.71. The summed E-state index contributed by atoms with van der Waals surface area (Å²) in [5.74, 6) is -0.126. The predicted octanol–water partition coefficient (Wildman–Crippen LogP) is 2.43. The van der Waals surface area contributed by atoms with Crippen LogP contribution in [0.4, 0.5) is 11.4 Å². The number of nitro groups is 1. The van der Waals surface area contributed by atoms with Crippen LogP contribution < -0.4 is 4.90 Å². The third kappa shape index (κ3) is 3.43. The van der Waals surface area contributed by atoms with E-state index in [4.69, 9.17) is 5.26 Å². The van der Waals surface area contributed by atoms with Crippen molar-refractivity contribution in [2.75, 3.05) is 31.1 Å². The zero-order valence-electron chi connectivity index (χ0n) is 13.5. The highest BCUT2D eigenvalue weighted by Crippen LogP contribution is 2.28. The summed E-state index contributed by atoms with van der Waals surface area (Å²) in [6.45, 7) is 1.99. The average molecular weight is 336 g/mol. The molecule has 0 spiro atoms. The Labute approximate surface area is 144 Å². The molecule has 3 rings (SSSR count). The van der Waals surface area contributed by atoms with Gasteiger partial charge in [-0.2, -0.15) is 5.26 Å². The molecule has 1 aliphatic rings. The van der Waals surface area contributed by atoms with E-state index in [1.165, 1.54) is 6.07 Å². The van der Waals surface area contributed by atoms with E-state index < -0.39 is 0 Å². The fourth-order valence-electron chi connectivity index (χ4n) is 2.94. The Morgan fingerprint density at radius 3 is 2.48 bits per heavy atom. The second-order valence-electron chi connectivity index (χ2n) is 5.72.